The molecule has 0 saturated heterocycles. The number of anilines is 1. The minimum absolute atomic E-state index is 1.13. The highest BCUT2D eigenvalue weighted by Gasteiger charge is 2.13. The van der Waals surface area contributed by atoms with Crippen LogP contribution in [0.15, 0.2) is 12.1 Å². The molecular formula is C10H14N2. The molecule has 2 rings (SSSR count). The van der Waals surface area contributed by atoms with Crippen LogP contribution in [0.25, 0.3) is 0 Å². The van der Waals surface area contributed by atoms with Crippen molar-refractivity contribution in [3.8, 4) is 0 Å². The van der Waals surface area contributed by atoms with Crippen LogP contribution in [0.5, 0.6) is 0 Å². The number of hydrogen-bond acceptors (Lipinski definition) is 2. The minimum atomic E-state index is 1.13. The van der Waals surface area contributed by atoms with E-state index >= 15 is 0 Å². The number of aryl methyl sites for hydroxylation is 2. The first-order valence-electron chi connectivity index (χ1n) is 4.45. The van der Waals surface area contributed by atoms with Gasteiger partial charge in [-0.3, -0.25) is 4.98 Å². The summed E-state index contributed by atoms with van der Waals surface area (Å²) in [4.78, 5) is 6.81. The van der Waals surface area contributed by atoms with Gasteiger partial charge >= 0.3 is 0 Å². The van der Waals surface area contributed by atoms with Crippen LogP contribution in [0.1, 0.15) is 17.8 Å². The number of nitrogens with zero attached hydrogens (tertiary/aromatic N) is 2. The van der Waals surface area contributed by atoms with E-state index in [9.17, 15) is 0 Å². The van der Waals surface area contributed by atoms with Crippen molar-refractivity contribution in [2.24, 2.45) is 0 Å². The highest BCUT2D eigenvalue weighted by molar-refractivity contribution is 5.52. The molecule has 0 N–H and O–H groups in total. The van der Waals surface area contributed by atoms with Gasteiger partial charge in [-0.1, -0.05) is 0 Å². The number of fused-ring (bicyclic) bond motifs is 1. The van der Waals surface area contributed by atoms with Crippen molar-refractivity contribution >= 4 is 5.69 Å². The molecule has 2 nitrogen and oxygen atoms in total. The van der Waals surface area contributed by atoms with Gasteiger partial charge in [0, 0.05) is 19.3 Å². The molecule has 0 fully saturated rings. The second kappa shape index (κ2) is 2.77. The van der Waals surface area contributed by atoms with Gasteiger partial charge in [0.2, 0.25) is 0 Å². The molecule has 1 aliphatic rings. The van der Waals surface area contributed by atoms with Crippen molar-refractivity contribution in [2.45, 2.75) is 19.8 Å². The van der Waals surface area contributed by atoms with Crippen molar-refractivity contribution < 1.29 is 0 Å². The molecule has 2 heterocycles. The molecule has 0 radical (unpaired) electrons. The van der Waals surface area contributed by atoms with Crippen LogP contribution in [-0.4, -0.2) is 18.6 Å². The standard InChI is InChI=1S/C10H14N2/c1-8-5-6-10-9(11-8)4-3-7-12(10)2/h5-6H,3-4,7H2,1-2H3. The molecule has 1 aliphatic heterocycles. The SMILES string of the molecule is Cc1ccc2c(n1)CCCN2C. The van der Waals surface area contributed by atoms with Gasteiger partial charge in [-0.15, -0.1) is 0 Å². The van der Waals surface area contributed by atoms with Crippen molar-refractivity contribution in [1.29, 1.82) is 0 Å². The van der Waals surface area contributed by atoms with Gasteiger partial charge in [0.1, 0.15) is 0 Å². The maximum atomic E-state index is 4.52. The summed E-state index contributed by atoms with van der Waals surface area (Å²) >= 11 is 0. The minimum Gasteiger partial charge on any atom is -0.373 e. The third-order valence-electron chi connectivity index (χ3n) is 2.41. The van der Waals surface area contributed by atoms with E-state index in [1.165, 1.54) is 17.8 Å². The van der Waals surface area contributed by atoms with Gasteiger partial charge in [0.25, 0.3) is 0 Å². The fourth-order valence-corrected chi connectivity index (χ4v) is 1.74. The van der Waals surface area contributed by atoms with Crippen LogP contribution >= 0.6 is 0 Å². The zero-order valence-corrected chi connectivity index (χ0v) is 7.67. The zero-order valence-electron chi connectivity index (χ0n) is 7.67. The quantitative estimate of drug-likeness (QED) is 0.578. The molecule has 1 aromatic heterocycles. The van der Waals surface area contributed by atoms with E-state index in [1.807, 2.05) is 0 Å². The summed E-state index contributed by atoms with van der Waals surface area (Å²) in [6, 6.07) is 4.26. The van der Waals surface area contributed by atoms with E-state index < -0.39 is 0 Å². The Hall–Kier alpha value is -1.05. The number of hydrogen-bond donors (Lipinski definition) is 0. The second-order valence-corrected chi connectivity index (χ2v) is 3.44. The van der Waals surface area contributed by atoms with E-state index in [4.69, 9.17) is 0 Å². The van der Waals surface area contributed by atoms with Gasteiger partial charge in [-0.05, 0) is 31.9 Å². The Labute approximate surface area is 73.2 Å². The third kappa shape index (κ3) is 1.17. The summed E-state index contributed by atoms with van der Waals surface area (Å²) in [6.07, 6.45) is 2.38. The monoisotopic (exact) mass is 162 g/mol. The topological polar surface area (TPSA) is 16.1 Å². The summed E-state index contributed by atoms with van der Waals surface area (Å²) < 4.78 is 0. The lowest BCUT2D eigenvalue weighted by Crippen LogP contribution is -2.25. The van der Waals surface area contributed by atoms with Gasteiger partial charge in [0.15, 0.2) is 0 Å². The molecule has 64 valence electrons. The summed E-state index contributed by atoms with van der Waals surface area (Å²) in [6.45, 7) is 3.21. The first-order valence-corrected chi connectivity index (χ1v) is 4.45. The van der Waals surface area contributed by atoms with Gasteiger partial charge in [-0.25, -0.2) is 0 Å². The maximum absolute atomic E-state index is 4.52. The van der Waals surface area contributed by atoms with Crippen molar-refractivity contribution in [1.82, 2.24) is 4.98 Å². The molecule has 0 unspecified atom stereocenters. The molecule has 0 amide bonds. The van der Waals surface area contributed by atoms with Crippen molar-refractivity contribution in [3.05, 3.63) is 23.5 Å². The summed E-state index contributed by atoms with van der Waals surface area (Å²) in [7, 11) is 2.13. The first-order chi connectivity index (χ1) is 5.77. The molecule has 0 atom stereocenters. The second-order valence-electron chi connectivity index (χ2n) is 3.44. The fraction of sp³-hybridized carbons (Fsp3) is 0.500. The Balaban J connectivity index is 2.46. The van der Waals surface area contributed by atoms with Crippen molar-refractivity contribution in [3.63, 3.8) is 0 Å². The van der Waals surface area contributed by atoms with Crippen LogP contribution in [0.2, 0.25) is 0 Å². The highest BCUT2D eigenvalue weighted by atomic mass is 15.1. The molecular weight excluding hydrogens is 148 g/mol. The molecule has 0 spiro atoms. The van der Waals surface area contributed by atoms with Crippen LogP contribution in [0.3, 0.4) is 0 Å². The van der Waals surface area contributed by atoms with E-state index in [0.717, 1.165) is 18.7 Å². The lowest BCUT2D eigenvalue weighted by atomic mass is 10.1. The lowest BCUT2D eigenvalue weighted by molar-refractivity contribution is 0.722. The summed E-state index contributed by atoms with van der Waals surface area (Å²) in [5.41, 5.74) is 3.71. The largest absolute Gasteiger partial charge is 0.373 e. The molecule has 0 aliphatic carbocycles. The Bertz CT molecular complexity index is 294. The van der Waals surface area contributed by atoms with E-state index in [-0.39, 0.29) is 0 Å². The molecule has 2 heteroatoms. The number of rotatable bonds is 0. The molecule has 0 aromatic carbocycles. The molecule has 12 heavy (non-hydrogen) atoms. The van der Waals surface area contributed by atoms with Crippen LogP contribution in [0.4, 0.5) is 5.69 Å². The number of aromatic nitrogens is 1. The Morgan fingerprint density at radius 1 is 1.42 bits per heavy atom. The average molecular weight is 162 g/mol. The fourth-order valence-electron chi connectivity index (χ4n) is 1.74. The summed E-state index contributed by atoms with van der Waals surface area (Å²) in [5, 5.41) is 0. The third-order valence-corrected chi connectivity index (χ3v) is 2.41. The molecule has 0 bridgehead atoms. The van der Waals surface area contributed by atoms with Crippen LogP contribution in [0, 0.1) is 6.92 Å². The predicted molar refractivity (Wildman–Crippen MR) is 50.6 cm³/mol. The Morgan fingerprint density at radius 2 is 2.25 bits per heavy atom. The average Bonchev–Trinajstić information content (AvgIpc) is 2.04. The maximum Gasteiger partial charge on any atom is 0.0640 e. The van der Waals surface area contributed by atoms with E-state index in [0.29, 0.717) is 0 Å². The molecule has 0 saturated carbocycles. The Kier molecular flexibility index (Phi) is 1.75. The first kappa shape index (κ1) is 7.59. The lowest BCUT2D eigenvalue weighted by Gasteiger charge is -2.26. The van der Waals surface area contributed by atoms with Crippen LogP contribution in [-0.2, 0) is 6.42 Å². The van der Waals surface area contributed by atoms with Crippen LogP contribution < -0.4 is 4.90 Å². The zero-order chi connectivity index (χ0) is 8.55. The van der Waals surface area contributed by atoms with Gasteiger partial charge < -0.3 is 4.90 Å². The summed E-state index contributed by atoms with van der Waals surface area (Å²) in [5.74, 6) is 0. The normalized spacial score (nSPS) is 16.0. The highest BCUT2D eigenvalue weighted by Crippen LogP contribution is 2.23. The smallest absolute Gasteiger partial charge is 0.0640 e. The van der Waals surface area contributed by atoms with Gasteiger partial charge in [0.05, 0.1) is 11.4 Å². The molecule has 1 aromatic rings. The van der Waals surface area contributed by atoms with Gasteiger partial charge in [-0.2, -0.15) is 0 Å². The number of pyridine rings is 1. The predicted octanol–water partition coefficient (Wildman–Crippen LogP) is 1.77. The Morgan fingerprint density at radius 3 is 3.08 bits per heavy atom. The van der Waals surface area contributed by atoms with E-state index in [1.54, 1.807) is 0 Å². The van der Waals surface area contributed by atoms with E-state index in [2.05, 4.69) is 36.0 Å². The van der Waals surface area contributed by atoms with Crippen molar-refractivity contribution in [2.75, 3.05) is 18.5 Å².